The highest BCUT2D eigenvalue weighted by Crippen LogP contribution is 2.16. The van der Waals surface area contributed by atoms with E-state index in [0.29, 0.717) is 5.56 Å². The lowest BCUT2D eigenvalue weighted by atomic mass is 10.1. The summed E-state index contributed by atoms with van der Waals surface area (Å²) in [6.07, 6.45) is 0.791. The fourth-order valence-electron chi connectivity index (χ4n) is 1.88. The molecule has 0 saturated heterocycles. The van der Waals surface area contributed by atoms with Gasteiger partial charge in [0.1, 0.15) is 5.82 Å². The van der Waals surface area contributed by atoms with Crippen molar-refractivity contribution in [2.24, 2.45) is 0 Å². The monoisotopic (exact) mass is 277 g/mol. The molecule has 1 amide bonds. The molecular weight excluding hydrogens is 261 g/mol. The van der Waals surface area contributed by atoms with E-state index in [1.807, 2.05) is 6.92 Å². The molecule has 0 aliphatic heterocycles. The molecule has 1 aromatic heterocycles. The molecule has 1 aromatic carbocycles. The summed E-state index contributed by atoms with van der Waals surface area (Å²) in [5.41, 5.74) is 0.356. The normalized spacial score (nSPS) is 12.2. The van der Waals surface area contributed by atoms with Gasteiger partial charge in [-0.1, -0.05) is 6.07 Å². The highest BCUT2D eigenvalue weighted by atomic mass is 32.1. The first-order chi connectivity index (χ1) is 9.04. The average molecular weight is 277 g/mol. The Morgan fingerprint density at radius 2 is 2.16 bits per heavy atom. The van der Waals surface area contributed by atoms with Gasteiger partial charge >= 0.3 is 0 Å². The molecule has 1 N–H and O–H groups in total. The van der Waals surface area contributed by atoms with Gasteiger partial charge in [-0.3, -0.25) is 4.79 Å². The second-order valence-corrected chi connectivity index (χ2v) is 5.97. The highest BCUT2D eigenvalue weighted by Gasteiger charge is 2.11. The second kappa shape index (κ2) is 5.97. The number of thiophene rings is 1. The number of carbonyl (C=O) groups is 1. The van der Waals surface area contributed by atoms with Crippen LogP contribution in [0.3, 0.4) is 0 Å². The van der Waals surface area contributed by atoms with Gasteiger partial charge in [0.05, 0.1) is 0 Å². The zero-order valence-corrected chi connectivity index (χ0v) is 11.8. The average Bonchev–Trinajstić information content (AvgIpc) is 2.74. The van der Waals surface area contributed by atoms with Crippen LogP contribution in [0.4, 0.5) is 4.39 Å². The summed E-state index contributed by atoms with van der Waals surface area (Å²) < 4.78 is 13.0. The van der Waals surface area contributed by atoms with E-state index in [1.54, 1.807) is 17.4 Å². The first kappa shape index (κ1) is 13.7. The summed E-state index contributed by atoms with van der Waals surface area (Å²) in [4.78, 5) is 14.4. The third kappa shape index (κ3) is 3.89. The van der Waals surface area contributed by atoms with Crippen LogP contribution in [0.15, 0.2) is 36.4 Å². The van der Waals surface area contributed by atoms with Crippen molar-refractivity contribution in [1.82, 2.24) is 5.32 Å². The molecular formula is C15H16FNOS. The third-order valence-electron chi connectivity index (χ3n) is 2.77. The van der Waals surface area contributed by atoms with Gasteiger partial charge < -0.3 is 5.32 Å². The predicted octanol–water partition coefficient (Wildman–Crippen LogP) is 3.56. The van der Waals surface area contributed by atoms with E-state index in [4.69, 9.17) is 0 Å². The summed E-state index contributed by atoms with van der Waals surface area (Å²) in [7, 11) is 0. The van der Waals surface area contributed by atoms with E-state index < -0.39 is 5.82 Å². The Labute approximate surface area is 116 Å². The molecule has 1 heterocycles. The highest BCUT2D eigenvalue weighted by molar-refractivity contribution is 7.11. The SMILES string of the molecule is Cc1ccc(CC(C)NC(=O)c2cccc(F)c2)s1. The number of hydrogen-bond acceptors (Lipinski definition) is 2. The maximum atomic E-state index is 13.0. The van der Waals surface area contributed by atoms with Crippen LogP contribution in [-0.4, -0.2) is 11.9 Å². The zero-order chi connectivity index (χ0) is 13.8. The molecule has 2 nitrogen and oxygen atoms in total. The van der Waals surface area contributed by atoms with Gasteiger partial charge in [-0.25, -0.2) is 4.39 Å². The lowest BCUT2D eigenvalue weighted by Crippen LogP contribution is -2.33. The molecule has 0 fully saturated rings. The topological polar surface area (TPSA) is 29.1 Å². The van der Waals surface area contributed by atoms with Crippen LogP contribution < -0.4 is 5.32 Å². The molecule has 1 unspecified atom stereocenters. The Balaban J connectivity index is 1.95. The smallest absolute Gasteiger partial charge is 0.251 e. The van der Waals surface area contributed by atoms with Crippen molar-refractivity contribution in [3.63, 3.8) is 0 Å². The van der Waals surface area contributed by atoms with Crippen LogP contribution in [0, 0.1) is 12.7 Å². The summed E-state index contributed by atoms with van der Waals surface area (Å²) in [6.45, 7) is 4.01. The number of carbonyl (C=O) groups excluding carboxylic acids is 1. The van der Waals surface area contributed by atoms with Crippen LogP contribution in [-0.2, 0) is 6.42 Å². The number of aryl methyl sites for hydroxylation is 1. The van der Waals surface area contributed by atoms with E-state index in [0.717, 1.165) is 6.42 Å². The third-order valence-corrected chi connectivity index (χ3v) is 3.79. The van der Waals surface area contributed by atoms with Gasteiger partial charge in [-0.2, -0.15) is 0 Å². The fraction of sp³-hybridized carbons (Fsp3) is 0.267. The summed E-state index contributed by atoms with van der Waals surface area (Å²) in [5.74, 6) is -0.630. The number of halogens is 1. The van der Waals surface area contributed by atoms with Crippen molar-refractivity contribution in [1.29, 1.82) is 0 Å². The van der Waals surface area contributed by atoms with E-state index >= 15 is 0 Å². The van der Waals surface area contributed by atoms with Gasteiger partial charge in [0, 0.05) is 27.8 Å². The van der Waals surface area contributed by atoms with E-state index in [-0.39, 0.29) is 11.9 Å². The molecule has 0 spiro atoms. The van der Waals surface area contributed by atoms with Crippen LogP contribution in [0.25, 0.3) is 0 Å². The fourth-order valence-corrected chi connectivity index (χ4v) is 2.90. The molecule has 0 saturated carbocycles. The molecule has 2 aromatic rings. The van der Waals surface area contributed by atoms with Gasteiger partial charge in [0.2, 0.25) is 0 Å². The van der Waals surface area contributed by atoms with Gasteiger partial charge in [0.25, 0.3) is 5.91 Å². The molecule has 0 aliphatic carbocycles. The Hall–Kier alpha value is -1.68. The Morgan fingerprint density at radius 3 is 2.79 bits per heavy atom. The maximum Gasteiger partial charge on any atom is 0.251 e. The first-order valence-electron chi connectivity index (χ1n) is 6.16. The van der Waals surface area contributed by atoms with Crippen molar-refractivity contribution in [2.45, 2.75) is 26.3 Å². The largest absolute Gasteiger partial charge is 0.349 e. The molecule has 1 atom stereocenters. The minimum atomic E-state index is -0.394. The lowest BCUT2D eigenvalue weighted by molar-refractivity contribution is 0.0940. The van der Waals surface area contributed by atoms with Crippen molar-refractivity contribution in [3.8, 4) is 0 Å². The van der Waals surface area contributed by atoms with Crippen LogP contribution >= 0.6 is 11.3 Å². The number of hydrogen-bond donors (Lipinski definition) is 1. The van der Waals surface area contributed by atoms with Crippen molar-refractivity contribution in [2.75, 3.05) is 0 Å². The second-order valence-electron chi connectivity index (χ2n) is 4.60. The van der Waals surface area contributed by atoms with E-state index in [9.17, 15) is 9.18 Å². The molecule has 4 heteroatoms. The summed E-state index contributed by atoms with van der Waals surface area (Å²) >= 11 is 1.73. The number of amides is 1. The Morgan fingerprint density at radius 1 is 1.37 bits per heavy atom. The molecule has 0 aliphatic rings. The molecule has 19 heavy (non-hydrogen) atoms. The predicted molar refractivity (Wildman–Crippen MR) is 76.1 cm³/mol. The quantitative estimate of drug-likeness (QED) is 0.909. The number of nitrogens with one attached hydrogen (secondary N) is 1. The molecule has 100 valence electrons. The first-order valence-corrected chi connectivity index (χ1v) is 6.98. The minimum Gasteiger partial charge on any atom is -0.349 e. The van der Waals surface area contributed by atoms with Crippen LogP contribution in [0.5, 0.6) is 0 Å². The summed E-state index contributed by atoms with van der Waals surface area (Å²) in [5, 5.41) is 2.88. The van der Waals surface area contributed by atoms with Gasteiger partial charge in [0.15, 0.2) is 0 Å². The molecule has 0 bridgehead atoms. The number of rotatable bonds is 4. The van der Waals surface area contributed by atoms with Gasteiger partial charge in [-0.05, 0) is 44.2 Å². The van der Waals surface area contributed by atoms with Crippen LogP contribution in [0.2, 0.25) is 0 Å². The van der Waals surface area contributed by atoms with Crippen molar-refractivity contribution < 1.29 is 9.18 Å². The van der Waals surface area contributed by atoms with Gasteiger partial charge in [-0.15, -0.1) is 11.3 Å². The van der Waals surface area contributed by atoms with E-state index in [1.165, 1.54) is 28.0 Å². The van der Waals surface area contributed by atoms with E-state index in [2.05, 4.69) is 24.4 Å². The number of benzene rings is 1. The van der Waals surface area contributed by atoms with Crippen molar-refractivity contribution >= 4 is 17.2 Å². The molecule has 2 rings (SSSR count). The van der Waals surface area contributed by atoms with Crippen molar-refractivity contribution in [3.05, 3.63) is 57.5 Å². The Kier molecular flexibility index (Phi) is 4.32. The summed E-state index contributed by atoms with van der Waals surface area (Å²) in [6, 6.07) is 9.89. The lowest BCUT2D eigenvalue weighted by Gasteiger charge is -2.13. The standard InChI is InChI=1S/C15H16FNOS/c1-10(8-14-7-6-11(2)19-14)17-15(18)12-4-3-5-13(16)9-12/h3-7,9-10H,8H2,1-2H3,(H,17,18). The zero-order valence-electron chi connectivity index (χ0n) is 10.9. The minimum absolute atomic E-state index is 0.0221. The Bertz CT molecular complexity index is 579. The van der Waals surface area contributed by atoms with Crippen LogP contribution in [0.1, 0.15) is 27.0 Å². The molecule has 0 radical (unpaired) electrons. The maximum absolute atomic E-state index is 13.0.